The molecule has 0 saturated carbocycles. The van der Waals surface area contributed by atoms with Crippen molar-refractivity contribution in [2.45, 2.75) is 13.8 Å². The third-order valence-electron chi connectivity index (χ3n) is 3.77. The first-order chi connectivity index (χ1) is 12.5. The first-order valence-corrected chi connectivity index (χ1v) is 9.06. The fourth-order valence-electron chi connectivity index (χ4n) is 2.47. The topological polar surface area (TPSA) is 71.1 Å². The van der Waals surface area contributed by atoms with E-state index in [1.165, 1.54) is 0 Å². The van der Waals surface area contributed by atoms with Gasteiger partial charge in [-0.2, -0.15) is 0 Å². The molecule has 0 aliphatic heterocycles. The lowest BCUT2D eigenvalue weighted by Gasteiger charge is -2.08. The summed E-state index contributed by atoms with van der Waals surface area (Å²) in [6, 6.07) is 14.7. The van der Waals surface area contributed by atoms with Crippen molar-refractivity contribution in [3.05, 3.63) is 70.0 Å². The zero-order valence-corrected chi connectivity index (χ0v) is 15.4. The van der Waals surface area contributed by atoms with Gasteiger partial charge in [0.2, 0.25) is 5.91 Å². The molecule has 0 saturated heterocycles. The minimum Gasteiger partial charge on any atom is -0.343 e. The molecule has 2 amide bonds. The number of thiazole rings is 1. The highest BCUT2D eigenvalue weighted by Gasteiger charge is 2.09. The largest absolute Gasteiger partial charge is 0.343 e. The zero-order valence-electron chi connectivity index (χ0n) is 14.6. The number of aromatic nitrogens is 1. The number of aryl methyl sites for hydroxylation is 2. The van der Waals surface area contributed by atoms with E-state index in [0.717, 1.165) is 21.8 Å². The van der Waals surface area contributed by atoms with E-state index < -0.39 is 0 Å². The number of nitrogens with zero attached hydrogens (tertiary/aromatic N) is 1. The summed E-state index contributed by atoms with van der Waals surface area (Å²) < 4.78 is 0. The number of anilines is 1. The van der Waals surface area contributed by atoms with E-state index in [1.807, 2.05) is 55.6 Å². The summed E-state index contributed by atoms with van der Waals surface area (Å²) in [4.78, 5) is 28.5. The lowest BCUT2D eigenvalue weighted by molar-refractivity contribution is -0.115. The van der Waals surface area contributed by atoms with Crippen LogP contribution in [0.3, 0.4) is 0 Å². The Hall–Kier alpha value is -2.99. The van der Waals surface area contributed by atoms with Gasteiger partial charge in [-0.15, -0.1) is 11.3 Å². The molecule has 5 nitrogen and oxygen atoms in total. The Morgan fingerprint density at radius 2 is 1.85 bits per heavy atom. The summed E-state index contributed by atoms with van der Waals surface area (Å²) >= 11 is 1.60. The molecule has 0 aliphatic rings. The van der Waals surface area contributed by atoms with E-state index in [1.54, 1.807) is 23.5 Å². The molecule has 2 aromatic carbocycles. The third-order valence-corrected chi connectivity index (χ3v) is 4.55. The molecule has 26 heavy (non-hydrogen) atoms. The highest BCUT2D eigenvalue weighted by molar-refractivity contribution is 7.09. The van der Waals surface area contributed by atoms with Crippen LogP contribution in [-0.4, -0.2) is 23.3 Å². The molecule has 0 atom stereocenters. The van der Waals surface area contributed by atoms with Crippen LogP contribution in [0.2, 0.25) is 0 Å². The van der Waals surface area contributed by atoms with Crippen molar-refractivity contribution in [3.8, 4) is 11.3 Å². The normalized spacial score (nSPS) is 10.4. The fraction of sp³-hybridized carbons (Fsp3) is 0.150. The average Bonchev–Trinajstić information content (AvgIpc) is 3.07. The van der Waals surface area contributed by atoms with Gasteiger partial charge in [0.25, 0.3) is 5.91 Å². The lowest BCUT2D eigenvalue weighted by Crippen LogP contribution is -2.32. The Morgan fingerprint density at radius 1 is 1.08 bits per heavy atom. The summed E-state index contributed by atoms with van der Waals surface area (Å²) in [6.45, 7) is 3.80. The van der Waals surface area contributed by atoms with Crippen molar-refractivity contribution in [2.24, 2.45) is 0 Å². The predicted octanol–water partition coefficient (Wildman–Crippen LogP) is 3.80. The number of benzene rings is 2. The van der Waals surface area contributed by atoms with E-state index in [2.05, 4.69) is 15.6 Å². The van der Waals surface area contributed by atoms with Crippen LogP contribution in [-0.2, 0) is 4.79 Å². The van der Waals surface area contributed by atoms with Crippen LogP contribution in [0, 0.1) is 13.8 Å². The van der Waals surface area contributed by atoms with E-state index in [9.17, 15) is 9.59 Å². The van der Waals surface area contributed by atoms with Gasteiger partial charge in [0, 0.05) is 22.2 Å². The highest BCUT2D eigenvalue weighted by atomic mass is 32.1. The second-order valence-corrected chi connectivity index (χ2v) is 6.99. The Bertz CT molecular complexity index is 932. The maximum atomic E-state index is 12.1. The third kappa shape index (κ3) is 4.55. The van der Waals surface area contributed by atoms with Gasteiger partial charge >= 0.3 is 0 Å². The molecular formula is C20H19N3O2S. The van der Waals surface area contributed by atoms with Crippen LogP contribution in [0.15, 0.2) is 53.9 Å². The number of rotatable bonds is 5. The van der Waals surface area contributed by atoms with Crippen LogP contribution in [0.4, 0.5) is 5.69 Å². The number of amides is 2. The van der Waals surface area contributed by atoms with Crippen LogP contribution >= 0.6 is 11.3 Å². The lowest BCUT2D eigenvalue weighted by atomic mass is 10.1. The second kappa shape index (κ2) is 7.93. The van der Waals surface area contributed by atoms with Crippen molar-refractivity contribution in [1.29, 1.82) is 0 Å². The van der Waals surface area contributed by atoms with Gasteiger partial charge in [-0.05, 0) is 38.1 Å². The van der Waals surface area contributed by atoms with Crippen LogP contribution in [0.5, 0.6) is 0 Å². The summed E-state index contributed by atoms with van der Waals surface area (Å²) in [5.74, 6) is -0.540. The molecule has 1 aromatic heterocycles. The molecule has 0 spiro atoms. The predicted molar refractivity (Wildman–Crippen MR) is 104 cm³/mol. The number of carbonyl (C=O) groups is 2. The molecule has 2 N–H and O–H groups in total. The number of hydrogen-bond donors (Lipinski definition) is 2. The Labute approximate surface area is 156 Å². The first-order valence-electron chi connectivity index (χ1n) is 8.18. The Kier molecular flexibility index (Phi) is 5.43. The zero-order chi connectivity index (χ0) is 18.5. The standard InChI is InChI=1S/C20H19N3O2S/c1-13-4-3-5-16(10-13)20(25)21-11-19(24)23-17-8-6-15(7-9-17)18-12-26-14(2)22-18/h3-10,12H,11H2,1-2H3,(H,21,25)(H,23,24). The Balaban J connectivity index is 1.54. The van der Waals surface area contributed by atoms with Gasteiger partial charge in [0.15, 0.2) is 0 Å². The van der Waals surface area contributed by atoms with Crippen molar-refractivity contribution < 1.29 is 9.59 Å². The minimum atomic E-state index is -0.275. The van der Waals surface area contributed by atoms with Gasteiger partial charge in [-0.25, -0.2) is 4.98 Å². The van der Waals surface area contributed by atoms with Crippen molar-refractivity contribution in [2.75, 3.05) is 11.9 Å². The molecule has 6 heteroatoms. The number of carbonyl (C=O) groups excluding carboxylic acids is 2. The molecule has 3 rings (SSSR count). The maximum absolute atomic E-state index is 12.1. The Morgan fingerprint density at radius 3 is 2.50 bits per heavy atom. The quantitative estimate of drug-likeness (QED) is 0.722. The summed E-state index contributed by atoms with van der Waals surface area (Å²) in [5, 5.41) is 8.42. The SMILES string of the molecule is Cc1cccc(C(=O)NCC(=O)Nc2ccc(-c3csc(C)n3)cc2)c1. The van der Waals surface area contributed by atoms with Crippen LogP contribution in [0.1, 0.15) is 20.9 Å². The van der Waals surface area contributed by atoms with Crippen molar-refractivity contribution >= 4 is 28.8 Å². The molecule has 0 unspecified atom stereocenters. The minimum absolute atomic E-state index is 0.0835. The van der Waals surface area contributed by atoms with Gasteiger partial charge in [0.1, 0.15) is 0 Å². The summed E-state index contributed by atoms with van der Waals surface area (Å²) in [7, 11) is 0. The number of hydrogen-bond acceptors (Lipinski definition) is 4. The molecule has 1 heterocycles. The van der Waals surface area contributed by atoms with Crippen molar-refractivity contribution in [3.63, 3.8) is 0 Å². The summed E-state index contributed by atoms with van der Waals surface area (Å²) in [6.07, 6.45) is 0. The second-order valence-electron chi connectivity index (χ2n) is 5.93. The number of nitrogens with one attached hydrogen (secondary N) is 2. The fourth-order valence-corrected chi connectivity index (χ4v) is 3.10. The van der Waals surface area contributed by atoms with E-state index >= 15 is 0 Å². The molecule has 0 bridgehead atoms. The van der Waals surface area contributed by atoms with Gasteiger partial charge in [-0.1, -0.05) is 29.8 Å². The molecule has 0 aliphatic carbocycles. The maximum Gasteiger partial charge on any atom is 0.251 e. The molecule has 132 valence electrons. The molecule has 0 fully saturated rings. The smallest absolute Gasteiger partial charge is 0.251 e. The van der Waals surface area contributed by atoms with Crippen molar-refractivity contribution in [1.82, 2.24) is 10.3 Å². The molecular weight excluding hydrogens is 346 g/mol. The average molecular weight is 365 g/mol. The van der Waals surface area contributed by atoms with E-state index in [0.29, 0.717) is 11.3 Å². The monoisotopic (exact) mass is 365 g/mol. The molecule has 3 aromatic rings. The first kappa shape index (κ1) is 17.8. The van der Waals surface area contributed by atoms with Gasteiger partial charge < -0.3 is 10.6 Å². The highest BCUT2D eigenvalue weighted by Crippen LogP contribution is 2.23. The van der Waals surface area contributed by atoms with Crippen LogP contribution in [0.25, 0.3) is 11.3 Å². The van der Waals surface area contributed by atoms with E-state index in [4.69, 9.17) is 0 Å². The van der Waals surface area contributed by atoms with Gasteiger partial charge in [0.05, 0.1) is 17.2 Å². The summed E-state index contributed by atoms with van der Waals surface area (Å²) in [5.41, 5.74) is 4.14. The van der Waals surface area contributed by atoms with Gasteiger partial charge in [-0.3, -0.25) is 9.59 Å². The van der Waals surface area contributed by atoms with Crippen LogP contribution < -0.4 is 10.6 Å². The molecule has 0 radical (unpaired) electrons. The van der Waals surface area contributed by atoms with E-state index in [-0.39, 0.29) is 18.4 Å².